The van der Waals surface area contributed by atoms with Crippen LogP contribution in [0.5, 0.6) is 0 Å². The fraction of sp³-hybridized carbons (Fsp3) is 0.833. The first kappa shape index (κ1) is 16.5. The Morgan fingerprint density at radius 3 is 2.30 bits per heavy atom. The van der Waals surface area contributed by atoms with Crippen LogP contribution < -0.4 is 0 Å². The maximum atomic E-state index is 11.5. The zero-order valence-corrected chi connectivity index (χ0v) is 11.6. The lowest BCUT2D eigenvalue weighted by Crippen LogP contribution is -2.43. The molecule has 0 bridgehead atoms. The predicted octanol–water partition coefficient (Wildman–Crippen LogP) is 3.36. The molecule has 0 aromatic carbocycles. The van der Waals surface area contributed by atoms with Gasteiger partial charge in [0, 0.05) is 10.1 Å². The van der Waals surface area contributed by atoms with E-state index in [4.69, 9.17) is 9.84 Å². The quantitative estimate of drug-likeness (QED) is 0.344. The Morgan fingerprint density at radius 2 is 1.75 bits per heavy atom. The molecule has 1 saturated carbocycles. The van der Waals surface area contributed by atoms with Crippen LogP contribution in [0.15, 0.2) is 0 Å². The zero-order valence-electron chi connectivity index (χ0n) is 11.6. The lowest BCUT2D eigenvalue weighted by Gasteiger charge is -2.40. The fourth-order valence-electron chi connectivity index (χ4n) is 2.49. The second-order valence-corrected chi connectivity index (χ2v) is 4.86. The molecule has 1 fully saturated rings. The molecule has 0 aromatic rings. The highest BCUT2D eigenvalue weighted by Crippen LogP contribution is 2.39. The van der Waals surface area contributed by atoms with Crippen molar-refractivity contribution in [2.75, 3.05) is 0 Å². The molecule has 1 rings (SSSR count). The molecular weight excluding hydrogens is 272 g/mol. The molecule has 0 radical (unpaired) electrons. The Hall–Kier alpha value is -1.54. The molecular formula is C12H20O8. The number of carbonyl (C=O) groups is 2. The van der Waals surface area contributed by atoms with Crippen molar-refractivity contribution in [3.8, 4) is 0 Å². The third-order valence-corrected chi connectivity index (χ3v) is 3.73. The van der Waals surface area contributed by atoms with Gasteiger partial charge in [0.15, 0.2) is 0 Å². The Kier molecular flexibility index (Phi) is 6.53. The average Bonchev–Trinajstić information content (AvgIpc) is 2.43. The first-order valence-electron chi connectivity index (χ1n) is 6.64. The van der Waals surface area contributed by atoms with Crippen molar-refractivity contribution in [3.05, 3.63) is 0 Å². The molecule has 0 spiro atoms. The number of rotatable bonds is 6. The van der Waals surface area contributed by atoms with E-state index < -0.39 is 17.9 Å². The van der Waals surface area contributed by atoms with Gasteiger partial charge in [0.25, 0.3) is 0 Å². The monoisotopic (exact) mass is 292 g/mol. The molecule has 8 nitrogen and oxygen atoms in total. The van der Waals surface area contributed by atoms with Crippen LogP contribution in [0, 0.1) is 5.92 Å². The summed E-state index contributed by atoms with van der Waals surface area (Å²) in [7, 11) is 0. The maximum Gasteiger partial charge on any atom is 0.543 e. The minimum Gasteiger partial charge on any atom is -0.448 e. The summed E-state index contributed by atoms with van der Waals surface area (Å²) in [6, 6.07) is 0. The van der Waals surface area contributed by atoms with Crippen molar-refractivity contribution < 1.29 is 39.3 Å². The predicted molar refractivity (Wildman–Crippen MR) is 64.1 cm³/mol. The van der Waals surface area contributed by atoms with E-state index >= 15 is 0 Å². The fourth-order valence-corrected chi connectivity index (χ4v) is 2.49. The van der Waals surface area contributed by atoms with Crippen molar-refractivity contribution in [3.63, 3.8) is 0 Å². The first-order chi connectivity index (χ1) is 9.50. The largest absolute Gasteiger partial charge is 0.543 e. The van der Waals surface area contributed by atoms with Gasteiger partial charge in [-0.1, -0.05) is 20.3 Å². The van der Waals surface area contributed by atoms with Gasteiger partial charge in [-0.15, -0.1) is 0 Å². The molecule has 1 unspecified atom stereocenters. The normalized spacial score (nSPS) is 18.9. The van der Waals surface area contributed by atoms with Crippen molar-refractivity contribution in [2.45, 2.75) is 58.0 Å². The Bertz CT molecular complexity index is 323. The van der Waals surface area contributed by atoms with E-state index in [0.29, 0.717) is 0 Å². The molecule has 0 aromatic heterocycles. The van der Waals surface area contributed by atoms with Crippen LogP contribution in [0.25, 0.3) is 0 Å². The summed E-state index contributed by atoms with van der Waals surface area (Å²) in [5.74, 6) is 0.187. The van der Waals surface area contributed by atoms with Crippen LogP contribution >= 0.6 is 0 Å². The number of ether oxygens (including phenoxy) is 1. The molecule has 8 heteroatoms. The van der Waals surface area contributed by atoms with Gasteiger partial charge in [-0.2, -0.15) is 0 Å². The van der Waals surface area contributed by atoms with E-state index in [1.165, 1.54) is 0 Å². The van der Waals surface area contributed by atoms with Gasteiger partial charge in [-0.25, -0.2) is 19.4 Å². The molecule has 1 aliphatic rings. The molecule has 0 saturated heterocycles. The number of carbonyl (C=O) groups excluding carboxylic acids is 1. The Morgan fingerprint density at radius 1 is 1.15 bits per heavy atom. The summed E-state index contributed by atoms with van der Waals surface area (Å²) >= 11 is 0. The summed E-state index contributed by atoms with van der Waals surface area (Å²) in [6.45, 7) is 4.04. The molecule has 116 valence electrons. The Balaban J connectivity index is 2.44. The highest BCUT2D eigenvalue weighted by Gasteiger charge is 2.41. The van der Waals surface area contributed by atoms with Gasteiger partial charge in [0.05, 0.1) is 0 Å². The minimum absolute atomic E-state index is 0.187. The Labute approximate surface area is 116 Å². The van der Waals surface area contributed by atoms with E-state index in [9.17, 15) is 9.59 Å². The van der Waals surface area contributed by atoms with Gasteiger partial charge in [-0.3, -0.25) is 0 Å². The van der Waals surface area contributed by atoms with Crippen LogP contribution in [0.1, 0.15) is 52.4 Å². The maximum absolute atomic E-state index is 11.5. The van der Waals surface area contributed by atoms with Crippen molar-refractivity contribution in [1.82, 2.24) is 0 Å². The lowest BCUT2D eigenvalue weighted by molar-refractivity contribution is -0.601. The molecule has 0 aliphatic heterocycles. The lowest BCUT2D eigenvalue weighted by atomic mass is 9.75. The van der Waals surface area contributed by atoms with Crippen LogP contribution in [-0.2, 0) is 24.6 Å². The molecule has 1 N–H and O–H groups in total. The molecule has 0 amide bonds. The van der Waals surface area contributed by atoms with Crippen molar-refractivity contribution in [1.29, 1.82) is 0 Å². The number of hydrogen-bond donors (Lipinski definition) is 1. The van der Waals surface area contributed by atoms with Crippen molar-refractivity contribution in [2.24, 2.45) is 5.92 Å². The summed E-state index contributed by atoms with van der Waals surface area (Å²) < 4.78 is 5.37. The summed E-state index contributed by atoms with van der Waals surface area (Å²) in [6.07, 6.45) is 2.67. The van der Waals surface area contributed by atoms with Crippen LogP contribution in [-0.4, -0.2) is 23.0 Å². The summed E-state index contributed by atoms with van der Waals surface area (Å²) in [5.41, 5.74) is -0.568. The first-order valence-corrected chi connectivity index (χ1v) is 6.64. The van der Waals surface area contributed by atoms with Crippen LogP contribution in [0.3, 0.4) is 0 Å². The smallest absolute Gasteiger partial charge is 0.448 e. The van der Waals surface area contributed by atoms with E-state index in [-0.39, 0.29) is 5.92 Å². The van der Waals surface area contributed by atoms with Gasteiger partial charge in [0.2, 0.25) is 0 Å². The molecule has 1 aliphatic carbocycles. The third kappa shape index (κ3) is 4.86. The van der Waals surface area contributed by atoms with E-state index in [0.717, 1.165) is 38.5 Å². The zero-order chi connectivity index (χ0) is 15.0. The molecule has 1 atom stereocenters. The topological polar surface area (TPSA) is 101 Å². The SMILES string of the molecule is CCC(C)C1(OC(=O)OOOOC(=O)O)CCCCC1. The molecule has 0 heterocycles. The van der Waals surface area contributed by atoms with Gasteiger partial charge >= 0.3 is 12.3 Å². The number of carboxylic acid groups (broad SMARTS) is 1. The van der Waals surface area contributed by atoms with Crippen LogP contribution in [0.2, 0.25) is 0 Å². The second kappa shape index (κ2) is 7.91. The van der Waals surface area contributed by atoms with Gasteiger partial charge < -0.3 is 9.84 Å². The van der Waals surface area contributed by atoms with E-state index in [1.807, 2.05) is 13.8 Å². The van der Waals surface area contributed by atoms with Crippen molar-refractivity contribution >= 4 is 12.3 Å². The van der Waals surface area contributed by atoms with E-state index in [1.54, 1.807) is 0 Å². The summed E-state index contributed by atoms with van der Waals surface area (Å²) in [4.78, 5) is 29.2. The van der Waals surface area contributed by atoms with Gasteiger partial charge in [-0.05, 0) is 38.0 Å². The average molecular weight is 292 g/mol. The molecule has 20 heavy (non-hydrogen) atoms. The van der Waals surface area contributed by atoms with E-state index in [2.05, 4.69) is 19.9 Å². The van der Waals surface area contributed by atoms with Crippen LogP contribution in [0.4, 0.5) is 9.59 Å². The van der Waals surface area contributed by atoms with Gasteiger partial charge in [0.1, 0.15) is 5.60 Å². The minimum atomic E-state index is -1.73. The summed E-state index contributed by atoms with van der Waals surface area (Å²) in [5, 5.41) is 15.6. The highest BCUT2D eigenvalue weighted by atomic mass is 17.7. The standard InChI is InChI=1S/C12H20O8/c1-3-9(2)12(7-5-4-6-8-12)16-11(15)18-20-19-17-10(13)14/h9H,3-8H2,1-2H3,(H,13,14). The second-order valence-electron chi connectivity index (χ2n) is 4.86. The highest BCUT2D eigenvalue weighted by molar-refractivity contribution is 5.59. The third-order valence-electron chi connectivity index (χ3n) is 3.73. The number of hydrogen-bond acceptors (Lipinski definition) is 7.